The van der Waals surface area contributed by atoms with Crippen LogP contribution in [0.3, 0.4) is 0 Å². The lowest BCUT2D eigenvalue weighted by molar-refractivity contribution is -0.121. The summed E-state index contributed by atoms with van der Waals surface area (Å²) < 4.78 is 13.2. The maximum absolute atomic E-state index is 13.2. The Morgan fingerprint density at radius 1 is 1.23 bits per heavy atom. The molecule has 1 saturated carbocycles. The number of hydrogen-bond acceptors (Lipinski definition) is 3. The maximum Gasteiger partial charge on any atom is 0.221 e. The van der Waals surface area contributed by atoms with Gasteiger partial charge in [0.25, 0.3) is 0 Å². The van der Waals surface area contributed by atoms with Gasteiger partial charge in [-0.3, -0.25) is 9.69 Å². The Labute approximate surface area is 156 Å². The molecule has 144 valence electrons. The van der Waals surface area contributed by atoms with Gasteiger partial charge in [-0.05, 0) is 49.4 Å². The summed E-state index contributed by atoms with van der Waals surface area (Å²) in [7, 11) is 0. The molecule has 1 unspecified atom stereocenters. The van der Waals surface area contributed by atoms with Crippen molar-refractivity contribution in [2.45, 2.75) is 58.2 Å². The summed E-state index contributed by atoms with van der Waals surface area (Å²) in [4.78, 5) is 17.0. The first kappa shape index (κ1) is 19.3. The normalized spacial score (nSPS) is 22.4. The molecular weight excluding hydrogens is 329 g/mol. The van der Waals surface area contributed by atoms with Crippen LogP contribution in [-0.2, 0) is 11.3 Å². The largest absolute Gasteiger partial charge is 0.353 e. The van der Waals surface area contributed by atoms with Gasteiger partial charge in [-0.15, -0.1) is 0 Å². The van der Waals surface area contributed by atoms with Crippen molar-refractivity contribution in [3.8, 4) is 0 Å². The monoisotopic (exact) mass is 361 g/mol. The van der Waals surface area contributed by atoms with E-state index in [9.17, 15) is 9.18 Å². The number of benzene rings is 1. The number of carbonyl (C=O) groups excluding carboxylic acids is 1. The molecule has 26 heavy (non-hydrogen) atoms. The zero-order valence-electron chi connectivity index (χ0n) is 16.1. The van der Waals surface area contributed by atoms with E-state index >= 15 is 0 Å². The molecule has 1 aromatic carbocycles. The molecule has 0 radical (unpaired) electrons. The van der Waals surface area contributed by atoms with Gasteiger partial charge in [0.05, 0.1) is 0 Å². The van der Waals surface area contributed by atoms with E-state index in [2.05, 4.69) is 29.0 Å². The SMILES string of the molecule is CC(C)C1CN(CCC(=O)NC2CC2)CCCN1Cc1ccc(F)cc1. The minimum absolute atomic E-state index is 0.180. The molecule has 0 spiro atoms. The van der Waals surface area contributed by atoms with E-state index in [0.717, 1.165) is 57.5 Å². The van der Waals surface area contributed by atoms with Crippen LogP contribution in [-0.4, -0.2) is 54.0 Å². The topological polar surface area (TPSA) is 35.6 Å². The Morgan fingerprint density at radius 3 is 2.62 bits per heavy atom. The zero-order valence-corrected chi connectivity index (χ0v) is 16.1. The molecule has 5 heteroatoms. The highest BCUT2D eigenvalue weighted by Crippen LogP contribution is 2.21. The predicted molar refractivity (Wildman–Crippen MR) is 102 cm³/mol. The Hall–Kier alpha value is -1.46. The van der Waals surface area contributed by atoms with Crippen molar-refractivity contribution in [3.05, 3.63) is 35.6 Å². The number of hydrogen-bond donors (Lipinski definition) is 1. The molecule has 1 amide bonds. The first-order valence-corrected chi connectivity index (χ1v) is 10.0. The van der Waals surface area contributed by atoms with Crippen LogP contribution in [0.4, 0.5) is 4.39 Å². The number of halogens is 1. The molecule has 1 N–H and O–H groups in total. The summed E-state index contributed by atoms with van der Waals surface area (Å²) in [6.45, 7) is 9.32. The van der Waals surface area contributed by atoms with E-state index in [0.29, 0.717) is 24.4 Å². The van der Waals surface area contributed by atoms with Crippen molar-refractivity contribution < 1.29 is 9.18 Å². The van der Waals surface area contributed by atoms with Crippen LogP contribution in [0, 0.1) is 11.7 Å². The van der Waals surface area contributed by atoms with Crippen LogP contribution in [0.25, 0.3) is 0 Å². The third-order valence-electron chi connectivity index (χ3n) is 5.50. The predicted octanol–water partition coefficient (Wildman–Crippen LogP) is 3.03. The van der Waals surface area contributed by atoms with E-state index < -0.39 is 0 Å². The van der Waals surface area contributed by atoms with Crippen molar-refractivity contribution in [1.29, 1.82) is 0 Å². The van der Waals surface area contributed by atoms with E-state index in [1.165, 1.54) is 0 Å². The summed E-state index contributed by atoms with van der Waals surface area (Å²) >= 11 is 0. The molecule has 2 fully saturated rings. The lowest BCUT2D eigenvalue weighted by Crippen LogP contribution is -2.44. The van der Waals surface area contributed by atoms with Gasteiger partial charge in [0.1, 0.15) is 5.82 Å². The Morgan fingerprint density at radius 2 is 1.96 bits per heavy atom. The van der Waals surface area contributed by atoms with E-state index in [4.69, 9.17) is 0 Å². The average molecular weight is 362 g/mol. The standard InChI is InChI=1S/C21H32FN3O/c1-16(2)20-15-24(13-10-21(26)23-19-8-9-19)11-3-12-25(20)14-17-4-6-18(22)7-5-17/h4-7,16,19-20H,3,8-15H2,1-2H3,(H,23,26). The van der Waals surface area contributed by atoms with Gasteiger partial charge < -0.3 is 10.2 Å². The van der Waals surface area contributed by atoms with Gasteiger partial charge in [0.2, 0.25) is 5.91 Å². The second kappa shape index (κ2) is 8.96. The van der Waals surface area contributed by atoms with E-state index in [1.807, 2.05) is 12.1 Å². The van der Waals surface area contributed by atoms with Gasteiger partial charge in [-0.1, -0.05) is 26.0 Å². The summed E-state index contributed by atoms with van der Waals surface area (Å²) in [6.07, 6.45) is 3.99. The lowest BCUT2D eigenvalue weighted by atomic mass is 10.0. The van der Waals surface area contributed by atoms with Crippen molar-refractivity contribution in [2.75, 3.05) is 26.2 Å². The zero-order chi connectivity index (χ0) is 18.5. The number of rotatable bonds is 7. The highest BCUT2D eigenvalue weighted by atomic mass is 19.1. The van der Waals surface area contributed by atoms with E-state index in [-0.39, 0.29) is 11.7 Å². The van der Waals surface area contributed by atoms with Crippen LogP contribution in [0.5, 0.6) is 0 Å². The van der Waals surface area contributed by atoms with Crippen LogP contribution >= 0.6 is 0 Å². The second-order valence-electron chi connectivity index (χ2n) is 8.15. The fraction of sp³-hybridized carbons (Fsp3) is 0.667. The molecule has 1 aliphatic heterocycles. The molecule has 1 heterocycles. The molecule has 3 rings (SSSR count). The maximum atomic E-state index is 13.2. The summed E-state index contributed by atoms with van der Waals surface area (Å²) in [5.74, 6) is 0.554. The molecule has 2 aliphatic rings. The number of nitrogens with one attached hydrogen (secondary N) is 1. The molecule has 1 atom stereocenters. The second-order valence-corrected chi connectivity index (χ2v) is 8.15. The molecule has 1 aromatic rings. The summed E-state index contributed by atoms with van der Waals surface area (Å²) in [5, 5.41) is 3.08. The third-order valence-corrected chi connectivity index (χ3v) is 5.50. The first-order chi connectivity index (χ1) is 12.5. The molecule has 1 saturated heterocycles. The van der Waals surface area contributed by atoms with Gasteiger partial charge in [-0.2, -0.15) is 0 Å². The number of carbonyl (C=O) groups is 1. The quantitative estimate of drug-likeness (QED) is 0.811. The summed E-state index contributed by atoms with van der Waals surface area (Å²) in [6, 6.07) is 7.76. The molecule has 4 nitrogen and oxygen atoms in total. The molecule has 0 aromatic heterocycles. The summed E-state index contributed by atoms with van der Waals surface area (Å²) in [5.41, 5.74) is 1.16. The fourth-order valence-electron chi connectivity index (χ4n) is 3.78. The minimum Gasteiger partial charge on any atom is -0.353 e. The molecular formula is C21H32FN3O. The molecule has 0 bridgehead atoms. The van der Waals surface area contributed by atoms with Crippen molar-refractivity contribution in [3.63, 3.8) is 0 Å². The van der Waals surface area contributed by atoms with E-state index in [1.54, 1.807) is 12.1 Å². The van der Waals surface area contributed by atoms with Crippen LogP contribution < -0.4 is 5.32 Å². The first-order valence-electron chi connectivity index (χ1n) is 10.0. The Bertz CT molecular complexity index is 585. The van der Waals surface area contributed by atoms with Crippen molar-refractivity contribution in [1.82, 2.24) is 15.1 Å². The van der Waals surface area contributed by atoms with Gasteiger partial charge in [-0.25, -0.2) is 4.39 Å². The van der Waals surface area contributed by atoms with Crippen molar-refractivity contribution >= 4 is 5.91 Å². The Kier molecular flexibility index (Phi) is 6.65. The van der Waals surface area contributed by atoms with Crippen LogP contribution in [0.15, 0.2) is 24.3 Å². The van der Waals surface area contributed by atoms with Crippen LogP contribution in [0.2, 0.25) is 0 Å². The number of nitrogens with zero attached hydrogens (tertiary/aromatic N) is 2. The van der Waals surface area contributed by atoms with Crippen LogP contribution in [0.1, 0.15) is 45.1 Å². The number of amides is 1. The molecule has 1 aliphatic carbocycles. The van der Waals surface area contributed by atoms with Gasteiger partial charge in [0, 0.05) is 44.7 Å². The fourth-order valence-corrected chi connectivity index (χ4v) is 3.78. The highest BCUT2D eigenvalue weighted by molar-refractivity contribution is 5.76. The van der Waals surface area contributed by atoms with Gasteiger partial charge >= 0.3 is 0 Å². The third kappa shape index (κ3) is 5.78. The lowest BCUT2D eigenvalue weighted by Gasteiger charge is -2.34. The Balaban J connectivity index is 1.55. The minimum atomic E-state index is -0.180. The van der Waals surface area contributed by atoms with Crippen molar-refractivity contribution in [2.24, 2.45) is 5.92 Å². The highest BCUT2D eigenvalue weighted by Gasteiger charge is 2.28. The average Bonchev–Trinajstić information content (AvgIpc) is 3.42. The van der Waals surface area contributed by atoms with Gasteiger partial charge in [0.15, 0.2) is 0 Å². The smallest absolute Gasteiger partial charge is 0.221 e.